The minimum absolute atomic E-state index is 0.283. The predicted molar refractivity (Wildman–Crippen MR) is 63.4 cm³/mol. The molecule has 0 fully saturated rings. The average Bonchev–Trinajstić information content (AvgIpc) is 2.48. The first-order valence-corrected chi connectivity index (χ1v) is 5.47. The van der Waals surface area contributed by atoms with Crippen LogP contribution in [-0.2, 0) is 6.54 Å². The highest BCUT2D eigenvalue weighted by Gasteiger charge is 2.14. The van der Waals surface area contributed by atoms with E-state index in [0.717, 1.165) is 0 Å². The lowest BCUT2D eigenvalue weighted by Crippen LogP contribution is -2.25. The Morgan fingerprint density at radius 2 is 2.18 bits per heavy atom. The zero-order valence-electron chi connectivity index (χ0n) is 9.83. The molecule has 0 saturated heterocycles. The number of halogens is 1. The Kier molecular flexibility index (Phi) is 2.79. The van der Waals surface area contributed by atoms with Gasteiger partial charge in [0, 0.05) is 6.54 Å². The number of H-pyrrole nitrogens is 1. The van der Waals surface area contributed by atoms with Gasteiger partial charge in [-0.05, 0) is 38.5 Å². The highest BCUT2D eigenvalue weighted by atomic mass is 19.1. The molecule has 2 N–H and O–H groups in total. The van der Waals surface area contributed by atoms with Crippen LogP contribution in [0.25, 0.3) is 11.0 Å². The molecular weight excluding hydrogens is 223 g/mol. The van der Waals surface area contributed by atoms with Gasteiger partial charge >= 0.3 is 5.69 Å². The molecule has 4 nitrogen and oxygen atoms in total. The molecule has 1 aromatic heterocycles. The molecule has 0 spiro atoms. The summed E-state index contributed by atoms with van der Waals surface area (Å²) in [7, 11) is 0. The zero-order valence-corrected chi connectivity index (χ0v) is 9.83. The number of aromatic nitrogens is 2. The number of nitrogens with zero attached hydrogens (tertiary/aromatic N) is 1. The minimum Gasteiger partial charge on any atom is -0.390 e. The molecule has 1 heterocycles. The molecule has 0 saturated carbocycles. The molecule has 0 bridgehead atoms. The van der Waals surface area contributed by atoms with Crippen molar-refractivity contribution in [3.8, 4) is 0 Å². The number of benzene rings is 1. The normalized spacial score (nSPS) is 12.2. The summed E-state index contributed by atoms with van der Waals surface area (Å²) in [4.78, 5) is 14.3. The van der Waals surface area contributed by atoms with Crippen LogP contribution in [0, 0.1) is 5.82 Å². The van der Waals surface area contributed by atoms with Crippen LogP contribution in [-0.4, -0.2) is 20.3 Å². The number of hydrogen-bond acceptors (Lipinski definition) is 2. The molecule has 0 radical (unpaired) electrons. The summed E-state index contributed by atoms with van der Waals surface area (Å²) >= 11 is 0. The van der Waals surface area contributed by atoms with Crippen LogP contribution >= 0.6 is 0 Å². The Morgan fingerprint density at radius 1 is 1.47 bits per heavy atom. The van der Waals surface area contributed by atoms with E-state index in [9.17, 15) is 14.3 Å². The molecule has 2 aromatic rings. The molecule has 2 rings (SSSR count). The molecule has 0 aliphatic rings. The van der Waals surface area contributed by atoms with Crippen molar-refractivity contribution in [1.82, 2.24) is 9.55 Å². The van der Waals surface area contributed by atoms with Crippen molar-refractivity contribution in [3.05, 3.63) is 34.5 Å². The SMILES string of the molecule is CC(C)(O)CCn1c(=O)[nH]c2cc(F)ccc21. The quantitative estimate of drug-likeness (QED) is 0.853. The third kappa shape index (κ3) is 2.55. The molecule has 17 heavy (non-hydrogen) atoms. The maximum atomic E-state index is 13.0. The van der Waals surface area contributed by atoms with E-state index >= 15 is 0 Å². The van der Waals surface area contributed by atoms with E-state index in [-0.39, 0.29) is 11.5 Å². The van der Waals surface area contributed by atoms with E-state index in [1.165, 1.54) is 16.7 Å². The summed E-state index contributed by atoms with van der Waals surface area (Å²) in [6, 6.07) is 4.17. The van der Waals surface area contributed by atoms with Crippen molar-refractivity contribution >= 4 is 11.0 Å². The van der Waals surface area contributed by atoms with Crippen molar-refractivity contribution in [3.63, 3.8) is 0 Å². The summed E-state index contributed by atoms with van der Waals surface area (Å²) in [6.07, 6.45) is 0.456. The first-order valence-electron chi connectivity index (χ1n) is 5.47. The van der Waals surface area contributed by atoms with E-state index < -0.39 is 5.60 Å². The van der Waals surface area contributed by atoms with E-state index in [0.29, 0.717) is 24.0 Å². The Labute approximate surface area is 97.7 Å². The average molecular weight is 238 g/mol. The summed E-state index contributed by atoms with van der Waals surface area (Å²) in [5, 5.41) is 9.64. The van der Waals surface area contributed by atoms with E-state index in [4.69, 9.17) is 0 Å². The van der Waals surface area contributed by atoms with Crippen molar-refractivity contribution in [2.24, 2.45) is 0 Å². The van der Waals surface area contributed by atoms with Gasteiger partial charge < -0.3 is 10.1 Å². The van der Waals surface area contributed by atoms with E-state index in [1.54, 1.807) is 19.9 Å². The van der Waals surface area contributed by atoms with Crippen LogP contribution in [0.15, 0.2) is 23.0 Å². The number of aliphatic hydroxyl groups is 1. The fraction of sp³-hybridized carbons (Fsp3) is 0.417. The fourth-order valence-electron chi connectivity index (χ4n) is 1.74. The molecule has 0 amide bonds. The van der Waals surface area contributed by atoms with Gasteiger partial charge in [0.05, 0.1) is 16.6 Å². The Hall–Kier alpha value is -1.62. The van der Waals surface area contributed by atoms with Crippen LogP contribution in [0.1, 0.15) is 20.3 Å². The molecular formula is C12H15FN2O2. The van der Waals surface area contributed by atoms with Gasteiger partial charge in [-0.25, -0.2) is 9.18 Å². The molecule has 5 heteroatoms. The second kappa shape index (κ2) is 4.00. The number of hydrogen-bond donors (Lipinski definition) is 2. The second-order valence-corrected chi connectivity index (χ2v) is 4.81. The topological polar surface area (TPSA) is 58.0 Å². The molecule has 0 unspecified atom stereocenters. The fourth-order valence-corrected chi connectivity index (χ4v) is 1.74. The summed E-state index contributed by atoms with van der Waals surface area (Å²) in [5.74, 6) is -0.381. The van der Waals surface area contributed by atoms with Gasteiger partial charge in [0.15, 0.2) is 0 Å². The van der Waals surface area contributed by atoms with E-state index in [2.05, 4.69) is 4.98 Å². The zero-order chi connectivity index (χ0) is 12.6. The highest BCUT2D eigenvalue weighted by Crippen LogP contribution is 2.14. The number of nitrogens with one attached hydrogen (secondary N) is 1. The number of aryl methyl sites for hydroxylation is 1. The third-order valence-electron chi connectivity index (χ3n) is 2.68. The van der Waals surface area contributed by atoms with Crippen LogP contribution in [0.3, 0.4) is 0 Å². The van der Waals surface area contributed by atoms with Crippen LogP contribution in [0.2, 0.25) is 0 Å². The number of fused-ring (bicyclic) bond motifs is 1. The molecule has 92 valence electrons. The van der Waals surface area contributed by atoms with Crippen molar-refractivity contribution in [2.75, 3.05) is 0 Å². The molecule has 0 aliphatic carbocycles. The van der Waals surface area contributed by atoms with Crippen LogP contribution in [0.4, 0.5) is 4.39 Å². The Balaban J connectivity index is 2.40. The van der Waals surface area contributed by atoms with Gasteiger partial charge in [0.1, 0.15) is 5.82 Å². The molecule has 0 atom stereocenters. The molecule has 0 aliphatic heterocycles. The van der Waals surface area contributed by atoms with Gasteiger partial charge in [-0.1, -0.05) is 0 Å². The first-order chi connectivity index (χ1) is 7.87. The lowest BCUT2D eigenvalue weighted by atomic mass is 10.1. The lowest BCUT2D eigenvalue weighted by molar-refractivity contribution is 0.0663. The standard InChI is InChI=1S/C12H15FN2O2/c1-12(2,17)5-6-15-10-4-3-8(13)7-9(10)14-11(15)16/h3-4,7,17H,5-6H2,1-2H3,(H,14,16). The number of imidazole rings is 1. The smallest absolute Gasteiger partial charge is 0.326 e. The maximum Gasteiger partial charge on any atom is 0.326 e. The lowest BCUT2D eigenvalue weighted by Gasteiger charge is -2.16. The summed E-state index contributed by atoms with van der Waals surface area (Å²) in [6.45, 7) is 3.77. The third-order valence-corrected chi connectivity index (χ3v) is 2.68. The van der Waals surface area contributed by atoms with Gasteiger partial charge in [-0.3, -0.25) is 4.57 Å². The summed E-state index contributed by atoms with van der Waals surface area (Å²) in [5.41, 5.74) is 0.0181. The number of aromatic amines is 1. The largest absolute Gasteiger partial charge is 0.390 e. The van der Waals surface area contributed by atoms with Gasteiger partial charge in [0.25, 0.3) is 0 Å². The second-order valence-electron chi connectivity index (χ2n) is 4.81. The van der Waals surface area contributed by atoms with Crippen LogP contribution in [0.5, 0.6) is 0 Å². The van der Waals surface area contributed by atoms with Gasteiger partial charge in [-0.15, -0.1) is 0 Å². The highest BCUT2D eigenvalue weighted by molar-refractivity contribution is 5.75. The maximum absolute atomic E-state index is 13.0. The summed E-state index contributed by atoms with van der Waals surface area (Å²) < 4.78 is 14.5. The van der Waals surface area contributed by atoms with Gasteiger partial charge in [0.2, 0.25) is 0 Å². The Bertz CT molecular complexity index is 593. The first kappa shape index (κ1) is 11.9. The monoisotopic (exact) mass is 238 g/mol. The van der Waals surface area contributed by atoms with Gasteiger partial charge in [-0.2, -0.15) is 0 Å². The molecule has 1 aromatic carbocycles. The predicted octanol–water partition coefficient (Wildman–Crippen LogP) is 1.63. The van der Waals surface area contributed by atoms with Crippen molar-refractivity contribution < 1.29 is 9.50 Å². The van der Waals surface area contributed by atoms with Crippen molar-refractivity contribution in [1.29, 1.82) is 0 Å². The minimum atomic E-state index is -0.830. The van der Waals surface area contributed by atoms with E-state index in [1.807, 2.05) is 0 Å². The Morgan fingerprint density at radius 3 is 2.82 bits per heavy atom. The number of rotatable bonds is 3. The van der Waals surface area contributed by atoms with Crippen LogP contribution < -0.4 is 5.69 Å². The van der Waals surface area contributed by atoms with Crippen molar-refractivity contribution in [2.45, 2.75) is 32.4 Å².